The lowest BCUT2D eigenvalue weighted by molar-refractivity contribution is -0.104. The molecule has 0 N–H and O–H groups in total. The maximum atomic E-state index is 13.0. The van der Waals surface area contributed by atoms with E-state index in [0.717, 1.165) is 0 Å². The summed E-state index contributed by atoms with van der Waals surface area (Å²) in [5, 5.41) is 0. The average Bonchev–Trinajstić information content (AvgIpc) is 3.09. The van der Waals surface area contributed by atoms with Crippen LogP contribution in [0.25, 0.3) is 6.08 Å². The monoisotopic (exact) mass is 220 g/mol. The number of benzene rings is 1. The van der Waals surface area contributed by atoms with Crippen molar-refractivity contribution in [3.63, 3.8) is 0 Å². The number of carbonyl (C=O) groups is 1. The molecule has 2 nitrogen and oxygen atoms in total. The molecule has 1 fully saturated rings. The normalized spacial score (nSPS) is 15.3. The lowest BCUT2D eigenvalue weighted by Gasteiger charge is -2.08. The zero-order chi connectivity index (χ0) is 11.4. The summed E-state index contributed by atoms with van der Waals surface area (Å²) in [5.41, 5.74) is 0.604. The molecule has 0 saturated heterocycles. The summed E-state index contributed by atoms with van der Waals surface area (Å²) in [7, 11) is 0. The van der Waals surface area contributed by atoms with Gasteiger partial charge in [-0.05, 0) is 49.1 Å². The molecule has 0 unspecified atom stereocenters. The Hall–Kier alpha value is -1.64. The topological polar surface area (TPSA) is 26.3 Å². The van der Waals surface area contributed by atoms with E-state index in [-0.39, 0.29) is 5.82 Å². The highest BCUT2D eigenvalue weighted by molar-refractivity contribution is 5.75. The SMILES string of the molecule is O=CC=Cc1cc(F)ccc1OCC1CC1. The smallest absolute Gasteiger partial charge is 0.142 e. The highest BCUT2D eigenvalue weighted by Gasteiger charge is 2.22. The van der Waals surface area contributed by atoms with Crippen molar-refractivity contribution in [3.8, 4) is 5.75 Å². The fourth-order valence-corrected chi connectivity index (χ4v) is 1.42. The first-order chi connectivity index (χ1) is 7.79. The van der Waals surface area contributed by atoms with Crippen LogP contribution in [0.4, 0.5) is 4.39 Å². The fraction of sp³-hybridized carbons (Fsp3) is 0.308. The van der Waals surface area contributed by atoms with E-state index in [1.165, 1.54) is 31.1 Å². The van der Waals surface area contributed by atoms with Gasteiger partial charge < -0.3 is 4.74 Å². The Balaban J connectivity index is 2.12. The highest BCUT2D eigenvalue weighted by atomic mass is 19.1. The lowest BCUT2D eigenvalue weighted by Crippen LogP contribution is -2.00. The number of halogens is 1. The van der Waals surface area contributed by atoms with Crippen molar-refractivity contribution in [2.45, 2.75) is 12.8 Å². The fourth-order valence-electron chi connectivity index (χ4n) is 1.42. The van der Waals surface area contributed by atoms with Gasteiger partial charge in [-0.15, -0.1) is 0 Å². The van der Waals surface area contributed by atoms with E-state index < -0.39 is 0 Å². The van der Waals surface area contributed by atoms with Crippen LogP contribution >= 0.6 is 0 Å². The first kappa shape index (κ1) is 10.9. The largest absolute Gasteiger partial charge is 0.493 e. The van der Waals surface area contributed by atoms with Gasteiger partial charge in [-0.2, -0.15) is 0 Å². The zero-order valence-electron chi connectivity index (χ0n) is 8.86. The Morgan fingerprint density at radius 2 is 2.25 bits per heavy atom. The van der Waals surface area contributed by atoms with Crippen LogP contribution in [0.15, 0.2) is 24.3 Å². The second-order valence-corrected chi connectivity index (χ2v) is 3.93. The second kappa shape index (κ2) is 4.92. The molecular weight excluding hydrogens is 207 g/mol. The molecule has 0 bridgehead atoms. The molecule has 1 aliphatic carbocycles. The molecule has 0 aromatic heterocycles. The van der Waals surface area contributed by atoms with E-state index in [1.54, 1.807) is 12.1 Å². The van der Waals surface area contributed by atoms with Crippen molar-refractivity contribution in [1.82, 2.24) is 0 Å². The molecule has 0 aliphatic heterocycles. The van der Waals surface area contributed by atoms with Crippen molar-refractivity contribution in [3.05, 3.63) is 35.7 Å². The summed E-state index contributed by atoms with van der Waals surface area (Å²) < 4.78 is 18.6. The van der Waals surface area contributed by atoms with Gasteiger partial charge in [0, 0.05) is 5.56 Å². The molecule has 0 spiro atoms. The van der Waals surface area contributed by atoms with E-state index in [2.05, 4.69) is 0 Å². The second-order valence-electron chi connectivity index (χ2n) is 3.93. The van der Waals surface area contributed by atoms with E-state index in [9.17, 15) is 9.18 Å². The van der Waals surface area contributed by atoms with E-state index >= 15 is 0 Å². The first-order valence-electron chi connectivity index (χ1n) is 5.34. The number of rotatable bonds is 5. The van der Waals surface area contributed by atoms with Gasteiger partial charge in [-0.1, -0.05) is 0 Å². The van der Waals surface area contributed by atoms with Crippen LogP contribution in [0, 0.1) is 11.7 Å². The van der Waals surface area contributed by atoms with Gasteiger partial charge in [0.15, 0.2) is 0 Å². The van der Waals surface area contributed by atoms with Crippen LogP contribution in [0.2, 0.25) is 0 Å². The molecule has 1 saturated carbocycles. The van der Waals surface area contributed by atoms with Gasteiger partial charge in [-0.25, -0.2) is 4.39 Å². The molecule has 1 aromatic carbocycles. The Labute approximate surface area is 93.7 Å². The van der Waals surface area contributed by atoms with E-state index in [0.29, 0.717) is 30.1 Å². The summed E-state index contributed by atoms with van der Waals surface area (Å²) in [6, 6.07) is 4.32. The minimum atomic E-state index is -0.329. The van der Waals surface area contributed by atoms with E-state index in [1.807, 2.05) is 0 Å². The Morgan fingerprint density at radius 1 is 1.44 bits per heavy atom. The molecule has 16 heavy (non-hydrogen) atoms. The quantitative estimate of drug-likeness (QED) is 0.563. The minimum absolute atomic E-state index is 0.329. The minimum Gasteiger partial charge on any atom is -0.493 e. The van der Waals surface area contributed by atoms with Gasteiger partial charge >= 0.3 is 0 Å². The van der Waals surface area contributed by atoms with Crippen LogP contribution in [0.3, 0.4) is 0 Å². The first-order valence-corrected chi connectivity index (χ1v) is 5.34. The van der Waals surface area contributed by atoms with Crippen LogP contribution in [-0.2, 0) is 4.79 Å². The van der Waals surface area contributed by atoms with Gasteiger partial charge in [0.1, 0.15) is 17.9 Å². The summed E-state index contributed by atoms with van der Waals surface area (Å²) in [6.07, 6.45) is 5.97. The molecule has 3 heteroatoms. The molecule has 0 amide bonds. The van der Waals surface area contributed by atoms with Crippen LogP contribution < -0.4 is 4.74 Å². The van der Waals surface area contributed by atoms with E-state index in [4.69, 9.17) is 4.74 Å². The maximum Gasteiger partial charge on any atom is 0.142 e. The summed E-state index contributed by atoms with van der Waals surface area (Å²) in [6.45, 7) is 0.674. The van der Waals surface area contributed by atoms with Gasteiger partial charge in [0.25, 0.3) is 0 Å². The van der Waals surface area contributed by atoms with Crippen molar-refractivity contribution in [1.29, 1.82) is 0 Å². The van der Waals surface area contributed by atoms with Crippen molar-refractivity contribution < 1.29 is 13.9 Å². The molecular formula is C13H13FO2. The third-order valence-corrected chi connectivity index (χ3v) is 2.50. The van der Waals surface area contributed by atoms with Gasteiger partial charge in [0.2, 0.25) is 0 Å². The standard InChI is InChI=1S/C13H13FO2/c14-12-5-6-13(16-9-10-3-4-10)11(8-12)2-1-7-15/h1-2,5-8,10H,3-4,9H2. The number of ether oxygens (including phenoxy) is 1. The Kier molecular flexibility index (Phi) is 3.34. The third kappa shape index (κ3) is 2.92. The van der Waals surface area contributed by atoms with Crippen molar-refractivity contribution in [2.75, 3.05) is 6.61 Å². The lowest BCUT2D eigenvalue weighted by atomic mass is 10.2. The number of carbonyl (C=O) groups excluding carboxylic acids is 1. The highest BCUT2D eigenvalue weighted by Crippen LogP contribution is 2.30. The van der Waals surface area contributed by atoms with Crippen LogP contribution in [0.5, 0.6) is 5.75 Å². The molecule has 84 valence electrons. The predicted octanol–water partition coefficient (Wildman–Crippen LogP) is 2.83. The molecule has 1 aliphatic rings. The van der Waals surface area contributed by atoms with Crippen molar-refractivity contribution >= 4 is 12.4 Å². The molecule has 0 heterocycles. The zero-order valence-corrected chi connectivity index (χ0v) is 8.86. The maximum absolute atomic E-state index is 13.0. The number of allylic oxidation sites excluding steroid dienone is 1. The average molecular weight is 220 g/mol. The molecule has 0 radical (unpaired) electrons. The summed E-state index contributed by atoms with van der Waals surface area (Å²) >= 11 is 0. The number of hydrogen-bond donors (Lipinski definition) is 0. The summed E-state index contributed by atoms with van der Waals surface area (Å²) in [4.78, 5) is 10.2. The Morgan fingerprint density at radius 3 is 2.94 bits per heavy atom. The van der Waals surface area contributed by atoms with Crippen LogP contribution in [0.1, 0.15) is 18.4 Å². The molecule has 2 rings (SSSR count). The number of aldehydes is 1. The summed E-state index contributed by atoms with van der Waals surface area (Å²) in [5.74, 6) is 0.948. The predicted molar refractivity (Wildman–Crippen MR) is 59.7 cm³/mol. The third-order valence-electron chi connectivity index (χ3n) is 2.50. The molecule has 0 atom stereocenters. The molecule has 1 aromatic rings. The van der Waals surface area contributed by atoms with Crippen LogP contribution in [-0.4, -0.2) is 12.9 Å². The number of hydrogen-bond acceptors (Lipinski definition) is 2. The van der Waals surface area contributed by atoms with Gasteiger partial charge in [-0.3, -0.25) is 4.79 Å². The Bertz CT molecular complexity index is 408. The van der Waals surface area contributed by atoms with Crippen molar-refractivity contribution in [2.24, 2.45) is 5.92 Å². The van der Waals surface area contributed by atoms with Gasteiger partial charge in [0.05, 0.1) is 6.61 Å².